The number of esters is 3. The van der Waals surface area contributed by atoms with Gasteiger partial charge in [0.1, 0.15) is 6.10 Å². The van der Waals surface area contributed by atoms with Gasteiger partial charge in [-0.15, -0.1) is 0 Å². The van der Waals surface area contributed by atoms with Gasteiger partial charge in [-0.1, -0.05) is 6.08 Å². The minimum absolute atomic E-state index is 0.218. The molecule has 0 unspecified atom stereocenters. The molecule has 1 aliphatic heterocycles. The zero-order valence-electron chi connectivity index (χ0n) is 14.4. The standard InChI is InChI=1S/C16H20O9/c1-9(17)23-16(12(18)24-15(2,3)25-13(16)19)10-5-7-11(8-6-10)22-14(20)21-4/h5,7,10-11H,6,8H2,1-4H3/t10-,11+/m1/s1. The third-order valence-corrected chi connectivity index (χ3v) is 3.84. The van der Waals surface area contributed by atoms with Gasteiger partial charge >= 0.3 is 29.7 Å². The van der Waals surface area contributed by atoms with E-state index >= 15 is 0 Å². The topological polar surface area (TPSA) is 114 Å². The van der Waals surface area contributed by atoms with E-state index in [9.17, 15) is 19.2 Å². The van der Waals surface area contributed by atoms with Crippen LogP contribution in [0.2, 0.25) is 0 Å². The highest BCUT2D eigenvalue weighted by molar-refractivity contribution is 6.07. The molecule has 0 aromatic carbocycles. The minimum Gasteiger partial charge on any atom is -0.438 e. The number of cyclic esters (lactones) is 2. The molecule has 0 amide bonds. The molecule has 9 heteroatoms. The Morgan fingerprint density at radius 3 is 2.16 bits per heavy atom. The SMILES string of the molecule is COC(=O)O[C@H]1C=C[C@@H](C2(OC(C)=O)C(=O)OC(C)(C)OC2=O)CC1. The van der Waals surface area contributed by atoms with Crippen molar-refractivity contribution in [2.75, 3.05) is 7.11 Å². The Kier molecular flexibility index (Phi) is 5.05. The van der Waals surface area contributed by atoms with Crippen LogP contribution in [0.3, 0.4) is 0 Å². The monoisotopic (exact) mass is 356 g/mol. The van der Waals surface area contributed by atoms with E-state index < -0.39 is 47.5 Å². The first-order valence-electron chi connectivity index (χ1n) is 7.70. The van der Waals surface area contributed by atoms with Gasteiger partial charge in [0, 0.05) is 26.7 Å². The molecule has 0 N–H and O–H groups in total. The van der Waals surface area contributed by atoms with Gasteiger partial charge in [-0.2, -0.15) is 0 Å². The molecule has 0 aromatic heterocycles. The van der Waals surface area contributed by atoms with Crippen molar-refractivity contribution in [1.82, 2.24) is 0 Å². The van der Waals surface area contributed by atoms with E-state index in [0.29, 0.717) is 6.42 Å². The predicted octanol–water partition coefficient (Wildman–Crippen LogP) is 1.24. The lowest BCUT2D eigenvalue weighted by atomic mass is 9.79. The highest BCUT2D eigenvalue weighted by Gasteiger charge is 2.63. The summed E-state index contributed by atoms with van der Waals surface area (Å²) in [7, 11) is 1.18. The van der Waals surface area contributed by atoms with E-state index in [4.69, 9.17) is 18.9 Å². The first kappa shape index (κ1) is 18.8. The predicted molar refractivity (Wildman–Crippen MR) is 79.9 cm³/mol. The summed E-state index contributed by atoms with van der Waals surface area (Å²) in [5, 5.41) is 0. The number of hydrogen-bond acceptors (Lipinski definition) is 9. The number of methoxy groups -OCH3 is 1. The van der Waals surface area contributed by atoms with Crippen LogP contribution in [-0.2, 0) is 38.1 Å². The summed E-state index contributed by atoms with van der Waals surface area (Å²) in [4.78, 5) is 47.8. The van der Waals surface area contributed by atoms with Crippen molar-refractivity contribution in [1.29, 1.82) is 0 Å². The molecule has 2 rings (SSSR count). The fourth-order valence-electron chi connectivity index (χ4n) is 2.79. The van der Waals surface area contributed by atoms with Crippen molar-refractivity contribution in [2.24, 2.45) is 5.92 Å². The lowest BCUT2D eigenvalue weighted by Gasteiger charge is -2.43. The molecule has 25 heavy (non-hydrogen) atoms. The van der Waals surface area contributed by atoms with Crippen molar-refractivity contribution >= 4 is 24.1 Å². The number of rotatable bonds is 3. The average molecular weight is 356 g/mol. The number of ether oxygens (including phenoxy) is 5. The summed E-state index contributed by atoms with van der Waals surface area (Å²) in [6.45, 7) is 3.88. The maximum Gasteiger partial charge on any atom is 0.508 e. The fourth-order valence-corrected chi connectivity index (χ4v) is 2.79. The molecule has 2 aliphatic rings. The molecule has 1 aliphatic carbocycles. The zero-order valence-corrected chi connectivity index (χ0v) is 14.4. The second-order valence-corrected chi connectivity index (χ2v) is 6.19. The molecule has 0 aromatic rings. The fraction of sp³-hybridized carbons (Fsp3) is 0.625. The van der Waals surface area contributed by atoms with Crippen LogP contribution in [0.15, 0.2) is 12.2 Å². The molecule has 1 saturated heterocycles. The molecule has 138 valence electrons. The second kappa shape index (κ2) is 6.73. The number of carbonyl (C=O) groups is 4. The van der Waals surface area contributed by atoms with Crippen molar-refractivity contribution < 1.29 is 42.9 Å². The largest absolute Gasteiger partial charge is 0.508 e. The van der Waals surface area contributed by atoms with Crippen molar-refractivity contribution in [3.05, 3.63) is 12.2 Å². The Morgan fingerprint density at radius 1 is 1.12 bits per heavy atom. The van der Waals surface area contributed by atoms with E-state index in [1.165, 1.54) is 33.1 Å². The lowest BCUT2D eigenvalue weighted by molar-refractivity contribution is -0.267. The Morgan fingerprint density at radius 2 is 1.72 bits per heavy atom. The molecule has 0 saturated carbocycles. The summed E-state index contributed by atoms with van der Waals surface area (Å²) in [6.07, 6.45) is 2.06. The third-order valence-electron chi connectivity index (χ3n) is 3.84. The average Bonchev–Trinajstić information content (AvgIpc) is 2.50. The van der Waals surface area contributed by atoms with Crippen molar-refractivity contribution in [2.45, 2.75) is 51.1 Å². The van der Waals surface area contributed by atoms with Gasteiger partial charge in [0.25, 0.3) is 5.79 Å². The van der Waals surface area contributed by atoms with Crippen LogP contribution < -0.4 is 0 Å². The molecule has 0 bridgehead atoms. The highest BCUT2D eigenvalue weighted by Crippen LogP contribution is 2.39. The molecular formula is C16H20O9. The van der Waals surface area contributed by atoms with E-state index in [1.54, 1.807) is 0 Å². The van der Waals surface area contributed by atoms with Gasteiger partial charge in [0.2, 0.25) is 0 Å². The van der Waals surface area contributed by atoms with Gasteiger partial charge in [-0.05, 0) is 18.9 Å². The van der Waals surface area contributed by atoms with E-state index in [1.807, 2.05) is 0 Å². The first-order chi connectivity index (χ1) is 11.6. The maximum absolute atomic E-state index is 12.5. The van der Waals surface area contributed by atoms with Crippen molar-refractivity contribution in [3.8, 4) is 0 Å². The summed E-state index contributed by atoms with van der Waals surface area (Å²) in [5.41, 5.74) is -2.21. The Balaban J connectivity index is 2.29. The molecule has 1 heterocycles. The summed E-state index contributed by atoms with van der Waals surface area (Å²) >= 11 is 0. The molecular weight excluding hydrogens is 336 g/mol. The van der Waals surface area contributed by atoms with Gasteiger partial charge in [0.05, 0.1) is 7.11 Å². The minimum atomic E-state index is -2.21. The summed E-state index contributed by atoms with van der Waals surface area (Å²) < 4.78 is 24.8. The first-order valence-corrected chi connectivity index (χ1v) is 7.70. The van der Waals surface area contributed by atoms with E-state index in [-0.39, 0.29) is 6.42 Å². The van der Waals surface area contributed by atoms with Crippen LogP contribution in [0.4, 0.5) is 4.79 Å². The molecule has 2 atom stereocenters. The molecule has 1 fully saturated rings. The third kappa shape index (κ3) is 3.75. The molecule has 0 radical (unpaired) electrons. The van der Waals surface area contributed by atoms with Crippen LogP contribution in [0.1, 0.15) is 33.6 Å². The van der Waals surface area contributed by atoms with Crippen LogP contribution in [0.5, 0.6) is 0 Å². The van der Waals surface area contributed by atoms with Crippen molar-refractivity contribution in [3.63, 3.8) is 0 Å². The Bertz CT molecular complexity index is 599. The number of hydrogen-bond donors (Lipinski definition) is 0. The Labute approximate surface area is 144 Å². The van der Waals surface area contributed by atoms with Crippen LogP contribution in [0.25, 0.3) is 0 Å². The summed E-state index contributed by atoms with van der Waals surface area (Å²) in [5.74, 6) is -5.08. The van der Waals surface area contributed by atoms with E-state index in [2.05, 4.69) is 4.74 Å². The van der Waals surface area contributed by atoms with Crippen LogP contribution in [-0.4, -0.2) is 48.7 Å². The Hall–Kier alpha value is -2.58. The smallest absolute Gasteiger partial charge is 0.438 e. The molecule has 0 spiro atoms. The lowest BCUT2D eigenvalue weighted by Crippen LogP contribution is -2.64. The maximum atomic E-state index is 12.5. The van der Waals surface area contributed by atoms with Gasteiger partial charge in [-0.3, -0.25) is 4.79 Å². The van der Waals surface area contributed by atoms with Crippen LogP contribution in [0, 0.1) is 5.92 Å². The van der Waals surface area contributed by atoms with Gasteiger partial charge in [-0.25, -0.2) is 14.4 Å². The highest BCUT2D eigenvalue weighted by atomic mass is 16.8. The zero-order chi connectivity index (χ0) is 18.8. The molecule has 9 nitrogen and oxygen atoms in total. The van der Waals surface area contributed by atoms with E-state index in [0.717, 1.165) is 6.92 Å². The summed E-state index contributed by atoms with van der Waals surface area (Å²) in [6, 6.07) is 0. The second-order valence-electron chi connectivity index (χ2n) is 6.19. The van der Waals surface area contributed by atoms with Gasteiger partial charge < -0.3 is 23.7 Å². The quantitative estimate of drug-likeness (QED) is 0.319. The normalized spacial score (nSPS) is 26.9. The van der Waals surface area contributed by atoms with Crippen LogP contribution >= 0.6 is 0 Å². The van der Waals surface area contributed by atoms with Gasteiger partial charge in [0.15, 0.2) is 0 Å². The number of carbonyl (C=O) groups excluding carboxylic acids is 4.